The van der Waals surface area contributed by atoms with Gasteiger partial charge in [-0.3, -0.25) is 4.68 Å². The van der Waals surface area contributed by atoms with Crippen LogP contribution in [0.4, 0.5) is 0 Å². The molecule has 2 heterocycles. The van der Waals surface area contributed by atoms with Crippen LogP contribution in [0, 0.1) is 0 Å². The summed E-state index contributed by atoms with van der Waals surface area (Å²) in [4.78, 5) is 0. The van der Waals surface area contributed by atoms with Crippen molar-refractivity contribution in [3.8, 4) is 0 Å². The van der Waals surface area contributed by atoms with Crippen LogP contribution in [0.5, 0.6) is 0 Å². The van der Waals surface area contributed by atoms with E-state index >= 15 is 0 Å². The van der Waals surface area contributed by atoms with E-state index in [9.17, 15) is 5.11 Å². The van der Waals surface area contributed by atoms with Gasteiger partial charge in [0, 0.05) is 25.7 Å². The van der Waals surface area contributed by atoms with Crippen molar-refractivity contribution in [1.82, 2.24) is 15.1 Å². The molecule has 1 saturated heterocycles. The maximum absolute atomic E-state index is 10.0. The molecular weight excluding hydrogens is 202 g/mol. The summed E-state index contributed by atoms with van der Waals surface area (Å²) < 4.78 is 2.10. The Morgan fingerprint density at radius 1 is 1.44 bits per heavy atom. The Morgan fingerprint density at radius 2 is 2.19 bits per heavy atom. The van der Waals surface area contributed by atoms with E-state index in [4.69, 9.17) is 0 Å². The fourth-order valence-electron chi connectivity index (χ4n) is 2.72. The van der Waals surface area contributed by atoms with Crippen molar-refractivity contribution < 1.29 is 5.11 Å². The number of rotatable bonds is 3. The first-order chi connectivity index (χ1) is 7.75. The zero-order chi connectivity index (χ0) is 11.0. The van der Waals surface area contributed by atoms with E-state index in [2.05, 4.69) is 27.4 Å². The van der Waals surface area contributed by atoms with Crippen molar-refractivity contribution in [2.75, 3.05) is 13.1 Å². The van der Waals surface area contributed by atoms with Crippen LogP contribution in [-0.4, -0.2) is 33.6 Å². The molecule has 0 aromatic carbocycles. The number of nitrogens with zero attached hydrogens (tertiary/aromatic N) is 2. The second-order valence-corrected chi connectivity index (χ2v) is 5.23. The van der Waals surface area contributed by atoms with Gasteiger partial charge in [0.2, 0.25) is 0 Å². The zero-order valence-electron chi connectivity index (χ0n) is 9.52. The molecule has 1 saturated carbocycles. The van der Waals surface area contributed by atoms with Crippen LogP contribution in [-0.2, 0) is 6.42 Å². The number of aliphatic hydroxyl groups is 1. The van der Waals surface area contributed by atoms with Crippen molar-refractivity contribution in [2.24, 2.45) is 0 Å². The van der Waals surface area contributed by atoms with E-state index in [1.807, 2.05) is 0 Å². The molecule has 2 N–H and O–H groups in total. The van der Waals surface area contributed by atoms with Crippen LogP contribution in [0.2, 0.25) is 0 Å². The molecule has 0 spiro atoms. The van der Waals surface area contributed by atoms with Crippen molar-refractivity contribution in [1.29, 1.82) is 0 Å². The molecule has 0 atom stereocenters. The maximum atomic E-state index is 10.0. The molecule has 0 radical (unpaired) electrons. The highest BCUT2D eigenvalue weighted by atomic mass is 16.3. The molecular formula is C12H19N3O. The third-order valence-electron chi connectivity index (χ3n) is 3.78. The second-order valence-electron chi connectivity index (χ2n) is 5.23. The van der Waals surface area contributed by atoms with Gasteiger partial charge < -0.3 is 10.4 Å². The molecule has 1 aromatic rings. The molecule has 0 unspecified atom stereocenters. The average Bonchev–Trinajstić information content (AvgIpc) is 2.83. The number of β-amino-alcohol motifs (C(OH)–C–C–N with tert-alkyl or cyclic N) is 1. The van der Waals surface area contributed by atoms with Gasteiger partial charge in [0.1, 0.15) is 0 Å². The highest BCUT2D eigenvalue weighted by molar-refractivity contribution is 5.08. The lowest BCUT2D eigenvalue weighted by atomic mass is 9.92. The molecule has 0 amide bonds. The zero-order valence-corrected chi connectivity index (χ0v) is 9.52. The Morgan fingerprint density at radius 3 is 2.81 bits per heavy atom. The fraction of sp³-hybridized carbons (Fsp3) is 0.750. The molecule has 16 heavy (non-hydrogen) atoms. The average molecular weight is 221 g/mol. The Balaban J connectivity index is 1.67. The summed E-state index contributed by atoms with van der Waals surface area (Å²) in [5, 5.41) is 17.7. The predicted molar refractivity (Wildman–Crippen MR) is 61.3 cm³/mol. The highest BCUT2D eigenvalue weighted by Crippen LogP contribution is 2.29. The molecule has 3 rings (SSSR count). The van der Waals surface area contributed by atoms with Gasteiger partial charge in [-0.15, -0.1) is 0 Å². The van der Waals surface area contributed by atoms with E-state index in [1.165, 1.54) is 25.7 Å². The van der Waals surface area contributed by atoms with E-state index in [1.54, 1.807) is 0 Å². The van der Waals surface area contributed by atoms with Crippen molar-refractivity contribution in [3.63, 3.8) is 0 Å². The molecule has 2 fully saturated rings. The Kier molecular flexibility index (Phi) is 2.48. The minimum atomic E-state index is -0.547. The molecule has 1 aromatic heterocycles. The first kappa shape index (κ1) is 10.3. The van der Waals surface area contributed by atoms with E-state index in [0.29, 0.717) is 25.6 Å². The van der Waals surface area contributed by atoms with Gasteiger partial charge in [0.05, 0.1) is 17.3 Å². The van der Waals surface area contributed by atoms with Gasteiger partial charge in [0.15, 0.2) is 0 Å². The van der Waals surface area contributed by atoms with E-state index < -0.39 is 5.60 Å². The Hall–Kier alpha value is -0.870. The second kappa shape index (κ2) is 3.86. The Bertz CT molecular complexity index is 364. The quantitative estimate of drug-likeness (QED) is 0.796. The monoisotopic (exact) mass is 221 g/mol. The van der Waals surface area contributed by atoms with Gasteiger partial charge >= 0.3 is 0 Å². The largest absolute Gasteiger partial charge is 0.387 e. The first-order valence-electron chi connectivity index (χ1n) is 6.22. The molecule has 88 valence electrons. The van der Waals surface area contributed by atoms with Crippen molar-refractivity contribution in [2.45, 2.75) is 43.7 Å². The van der Waals surface area contributed by atoms with Crippen LogP contribution < -0.4 is 5.32 Å². The van der Waals surface area contributed by atoms with Gasteiger partial charge in [-0.05, 0) is 18.9 Å². The fourth-order valence-corrected chi connectivity index (χ4v) is 2.72. The normalized spacial score (nSPS) is 24.6. The summed E-state index contributed by atoms with van der Waals surface area (Å²) in [6.07, 6.45) is 7.92. The van der Waals surface area contributed by atoms with E-state index in [0.717, 1.165) is 5.69 Å². The van der Waals surface area contributed by atoms with Crippen molar-refractivity contribution >= 4 is 0 Å². The lowest BCUT2D eigenvalue weighted by Crippen LogP contribution is -2.60. The summed E-state index contributed by atoms with van der Waals surface area (Å²) in [5.74, 6) is 0. The number of hydrogen-bond acceptors (Lipinski definition) is 3. The standard InChI is InChI=1S/C12H19N3O/c16-12(8-13-9-12)7-10-5-6-15(14-10)11-3-1-2-4-11/h5-6,11,13,16H,1-4,7-9H2. The number of aromatic nitrogens is 2. The topological polar surface area (TPSA) is 50.1 Å². The van der Waals surface area contributed by atoms with E-state index in [-0.39, 0.29) is 0 Å². The molecule has 0 bridgehead atoms. The van der Waals surface area contributed by atoms with Gasteiger partial charge in [0.25, 0.3) is 0 Å². The van der Waals surface area contributed by atoms with Crippen LogP contribution in [0.1, 0.15) is 37.4 Å². The van der Waals surface area contributed by atoms with Crippen LogP contribution >= 0.6 is 0 Å². The first-order valence-corrected chi connectivity index (χ1v) is 6.22. The summed E-state index contributed by atoms with van der Waals surface area (Å²) in [5.41, 5.74) is 0.477. The minimum absolute atomic E-state index is 0.547. The highest BCUT2D eigenvalue weighted by Gasteiger charge is 2.35. The molecule has 1 aliphatic carbocycles. The third-order valence-corrected chi connectivity index (χ3v) is 3.78. The smallest absolute Gasteiger partial charge is 0.0950 e. The van der Waals surface area contributed by atoms with Gasteiger partial charge in [-0.2, -0.15) is 5.10 Å². The number of hydrogen-bond donors (Lipinski definition) is 2. The molecule has 1 aliphatic heterocycles. The maximum Gasteiger partial charge on any atom is 0.0950 e. The molecule has 4 heteroatoms. The lowest BCUT2D eigenvalue weighted by molar-refractivity contribution is -0.00995. The minimum Gasteiger partial charge on any atom is -0.387 e. The summed E-state index contributed by atoms with van der Waals surface area (Å²) in [7, 11) is 0. The molecule has 4 nitrogen and oxygen atoms in total. The van der Waals surface area contributed by atoms with Gasteiger partial charge in [-0.1, -0.05) is 12.8 Å². The summed E-state index contributed by atoms with van der Waals surface area (Å²) in [6.45, 7) is 1.40. The number of nitrogens with one attached hydrogen (secondary N) is 1. The molecule has 2 aliphatic rings. The van der Waals surface area contributed by atoms with Crippen LogP contribution in [0.3, 0.4) is 0 Å². The SMILES string of the molecule is OC1(Cc2ccn(C3CCCC3)n2)CNC1. The van der Waals surface area contributed by atoms with Crippen molar-refractivity contribution in [3.05, 3.63) is 18.0 Å². The van der Waals surface area contributed by atoms with Crippen LogP contribution in [0.15, 0.2) is 12.3 Å². The predicted octanol–water partition coefficient (Wildman–Crippen LogP) is 0.875. The Labute approximate surface area is 95.7 Å². The summed E-state index contributed by atoms with van der Waals surface area (Å²) in [6, 6.07) is 2.65. The van der Waals surface area contributed by atoms with Gasteiger partial charge in [-0.25, -0.2) is 0 Å². The summed E-state index contributed by atoms with van der Waals surface area (Å²) >= 11 is 0. The lowest BCUT2D eigenvalue weighted by Gasteiger charge is -2.37. The third kappa shape index (κ3) is 1.87. The van der Waals surface area contributed by atoms with Crippen LogP contribution in [0.25, 0.3) is 0 Å².